The van der Waals surface area contributed by atoms with Gasteiger partial charge in [-0.2, -0.15) is 4.31 Å². The van der Waals surface area contributed by atoms with Gasteiger partial charge in [0.05, 0.1) is 21.5 Å². The lowest BCUT2D eigenvalue weighted by atomic mass is 10.0. The third-order valence-corrected chi connectivity index (χ3v) is 9.16. The first-order valence-electron chi connectivity index (χ1n) is 12.8. The highest BCUT2D eigenvalue weighted by atomic mass is 32.2. The van der Waals surface area contributed by atoms with E-state index in [4.69, 9.17) is 4.11 Å². The van der Waals surface area contributed by atoms with Gasteiger partial charge in [0.15, 0.2) is 10.8 Å². The van der Waals surface area contributed by atoms with Crippen LogP contribution in [0.4, 0.5) is 0 Å². The highest BCUT2D eigenvalue weighted by Crippen LogP contribution is 2.30. The highest BCUT2D eigenvalue weighted by Gasteiger charge is 2.35. The summed E-state index contributed by atoms with van der Waals surface area (Å²) in [7, 11) is -4.51. The van der Waals surface area contributed by atoms with Crippen LogP contribution in [0.5, 0.6) is 0 Å². The van der Waals surface area contributed by atoms with E-state index in [1.165, 1.54) is 47.1 Å². The molecular weight excluding hydrogens is 520 g/mol. The van der Waals surface area contributed by atoms with Crippen molar-refractivity contribution in [3.63, 3.8) is 0 Å². The zero-order valence-electron chi connectivity index (χ0n) is 22.7. The first kappa shape index (κ1) is 22.5. The Kier molecular flexibility index (Phi) is 6.98. The molecule has 2 atom stereocenters. The molecule has 2 N–H and O–H groups in total. The minimum atomic E-state index is -4.51. The van der Waals surface area contributed by atoms with E-state index < -0.39 is 57.7 Å². The van der Waals surface area contributed by atoms with Crippen molar-refractivity contribution in [1.82, 2.24) is 19.9 Å². The average Bonchev–Trinajstić information content (AvgIpc) is 3.46. The maximum Gasteiger partial charge on any atom is 0.262 e. The Balaban J connectivity index is 1.55. The lowest BCUT2D eigenvalue weighted by molar-refractivity contribution is -0.129. The minimum absolute atomic E-state index is 0.0372. The molecule has 2 amide bonds. The maximum absolute atomic E-state index is 13.4. The summed E-state index contributed by atoms with van der Waals surface area (Å²) in [6.07, 6.45) is 1.04. The number of sulfonamides is 1. The number of carbonyl (C=O) groups excluding carboxylic acids is 3. The lowest BCUT2D eigenvalue weighted by Crippen LogP contribution is -2.52. The number of fused-ring (bicyclic) bond motifs is 1. The quantitative estimate of drug-likeness (QED) is 0.443. The molecule has 4 rings (SSSR count). The third kappa shape index (κ3) is 6.00. The number of hydrogen-bond donors (Lipinski definition) is 2. The molecule has 0 saturated carbocycles. The van der Waals surface area contributed by atoms with Crippen LogP contribution in [0.1, 0.15) is 46.9 Å². The number of rotatable bonds is 8. The number of amides is 2. The third-order valence-electron chi connectivity index (χ3n) is 5.45. The average molecular weight is 552 g/mol. The van der Waals surface area contributed by atoms with E-state index in [9.17, 15) is 22.8 Å². The Bertz CT molecular complexity index is 1460. The fraction of sp³-hybridized carbons (Fsp3) is 0.417. The second-order valence-corrected chi connectivity index (χ2v) is 12.5. The van der Waals surface area contributed by atoms with Crippen molar-refractivity contribution in [1.29, 1.82) is 0 Å². The summed E-state index contributed by atoms with van der Waals surface area (Å²) in [5.41, 5.74) is 0. The van der Waals surface area contributed by atoms with Crippen molar-refractivity contribution in [2.45, 2.75) is 50.2 Å². The number of thiophene rings is 2. The molecule has 3 aromatic rings. The smallest absolute Gasteiger partial charge is 0.262 e. The molecule has 0 bridgehead atoms. The molecule has 3 aromatic heterocycles. The second-order valence-electron chi connectivity index (χ2n) is 8.67. The van der Waals surface area contributed by atoms with Gasteiger partial charge in [-0.05, 0) is 54.8 Å². The number of ketones is 1. The van der Waals surface area contributed by atoms with Crippen LogP contribution in [0.3, 0.4) is 0 Å². The zero-order chi connectivity index (χ0) is 28.6. The number of nitrogens with zero attached hydrogens (tertiary/aromatic N) is 2. The van der Waals surface area contributed by atoms with Crippen LogP contribution >= 0.6 is 22.7 Å². The van der Waals surface area contributed by atoms with Crippen LogP contribution in [-0.2, 0) is 19.6 Å². The first-order valence-corrected chi connectivity index (χ1v) is 14.5. The topological polar surface area (TPSA) is 126 Å². The Labute approximate surface area is 222 Å². The van der Waals surface area contributed by atoms with Crippen molar-refractivity contribution in [3.05, 3.63) is 46.8 Å². The van der Waals surface area contributed by atoms with Crippen molar-refractivity contribution in [2.24, 2.45) is 5.92 Å². The monoisotopic (exact) mass is 551 g/mol. The Morgan fingerprint density at radius 1 is 1.31 bits per heavy atom. The van der Waals surface area contributed by atoms with Gasteiger partial charge in [-0.25, -0.2) is 13.4 Å². The second kappa shape index (κ2) is 11.2. The van der Waals surface area contributed by atoms with Gasteiger partial charge in [0, 0.05) is 22.1 Å². The fourth-order valence-corrected chi connectivity index (χ4v) is 6.96. The Morgan fingerprint density at radius 2 is 2.11 bits per heavy atom. The molecule has 1 unspecified atom stereocenters. The molecule has 4 heterocycles. The Hall–Kier alpha value is -2.67. The van der Waals surface area contributed by atoms with Crippen LogP contribution < -0.4 is 10.6 Å². The lowest BCUT2D eigenvalue weighted by Gasteiger charge is -2.23. The van der Waals surface area contributed by atoms with Gasteiger partial charge >= 0.3 is 0 Å². The fourth-order valence-electron chi connectivity index (χ4n) is 3.71. The molecule has 9 nitrogen and oxygen atoms in total. The summed E-state index contributed by atoms with van der Waals surface area (Å²) >= 11 is 2.77. The van der Waals surface area contributed by atoms with Crippen LogP contribution in [-0.4, -0.2) is 60.4 Å². The molecule has 0 spiro atoms. The predicted octanol–water partition coefficient (Wildman–Crippen LogP) is 3.04. The molecule has 192 valence electrons. The largest absolute Gasteiger partial charge is 0.344 e. The van der Waals surface area contributed by atoms with E-state index in [2.05, 4.69) is 15.6 Å². The molecule has 0 aromatic carbocycles. The van der Waals surface area contributed by atoms with Gasteiger partial charge in [-0.3, -0.25) is 14.4 Å². The molecule has 12 heteroatoms. The van der Waals surface area contributed by atoms with E-state index in [1.807, 2.05) is 25.3 Å². The van der Waals surface area contributed by atoms with E-state index in [0.29, 0.717) is 9.18 Å². The van der Waals surface area contributed by atoms with E-state index in [0.717, 1.165) is 9.40 Å². The van der Waals surface area contributed by atoms with Gasteiger partial charge < -0.3 is 10.6 Å². The van der Waals surface area contributed by atoms with Crippen molar-refractivity contribution >= 4 is 59.7 Å². The first-order chi connectivity index (χ1) is 18.3. The molecule has 0 aliphatic carbocycles. The van der Waals surface area contributed by atoms with Gasteiger partial charge in [-0.15, -0.1) is 22.7 Å². The van der Waals surface area contributed by atoms with E-state index in [1.54, 1.807) is 6.07 Å². The predicted molar refractivity (Wildman–Crippen MR) is 140 cm³/mol. The molecule has 1 aliphatic heterocycles. The number of pyridine rings is 1. The standard InChI is InChI=1S/C24H28N4O5S3/c1-15(2)12-17(27-24(31)21-13-20-19(35-21)8-11-34-20)23(30)26-16-6-5-10-28(14-18(16)29)36(32,33)22-7-3-4-9-25-22/h3-4,7-9,11,13,15-17H,5-6,10,12,14H2,1-2H3,(H,26,30)(H,27,31)/t16?,17-/m0/s1/i14D2,16D. The van der Waals surface area contributed by atoms with Crippen molar-refractivity contribution < 1.29 is 26.9 Å². The summed E-state index contributed by atoms with van der Waals surface area (Å²) < 4.78 is 54.1. The van der Waals surface area contributed by atoms with E-state index >= 15 is 0 Å². The summed E-state index contributed by atoms with van der Waals surface area (Å²) in [4.78, 5) is 43.9. The zero-order valence-corrected chi connectivity index (χ0v) is 22.1. The maximum atomic E-state index is 13.4. The van der Waals surface area contributed by atoms with Crippen LogP contribution in [0.2, 0.25) is 0 Å². The number of nitrogens with one attached hydrogen (secondary N) is 2. The van der Waals surface area contributed by atoms with Crippen molar-refractivity contribution in [3.8, 4) is 0 Å². The van der Waals surface area contributed by atoms with Gasteiger partial charge in [0.1, 0.15) is 6.04 Å². The molecule has 1 saturated heterocycles. The van der Waals surface area contributed by atoms with Crippen molar-refractivity contribution in [2.75, 3.05) is 13.0 Å². The number of aromatic nitrogens is 1. The van der Waals surface area contributed by atoms with Gasteiger partial charge in [0.25, 0.3) is 15.9 Å². The normalized spacial score (nSPS) is 22.9. The van der Waals surface area contributed by atoms with Crippen LogP contribution in [0.25, 0.3) is 9.40 Å². The van der Waals surface area contributed by atoms with Gasteiger partial charge in [-0.1, -0.05) is 19.9 Å². The summed E-state index contributed by atoms with van der Waals surface area (Å²) in [5.74, 6) is -2.76. The summed E-state index contributed by atoms with van der Waals surface area (Å²) in [6.45, 7) is 0.164. The highest BCUT2D eigenvalue weighted by molar-refractivity contribution is 7.89. The van der Waals surface area contributed by atoms with Crippen LogP contribution in [0.15, 0.2) is 46.9 Å². The van der Waals surface area contributed by atoms with E-state index in [-0.39, 0.29) is 25.2 Å². The number of hydrogen-bond acceptors (Lipinski definition) is 8. The molecule has 36 heavy (non-hydrogen) atoms. The molecule has 1 aliphatic rings. The summed E-state index contributed by atoms with van der Waals surface area (Å²) in [5, 5.41) is 6.50. The number of carbonyl (C=O) groups is 3. The summed E-state index contributed by atoms with van der Waals surface area (Å²) in [6, 6.07) is 4.18. The molecular formula is C24H28N4O5S3. The van der Waals surface area contributed by atoms with Gasteiger partial charge in [0.2, 0.25) is 5.91 Å². The number of Topliss-reactive ketones (excluding diaryl/α,β-unsaturated/α-hetero) is 1. The van der Waals surface area contributed by atoms with Crippen LogP contribution in [0, 0.1) is 5.92 Å². The molecule has 1 fully saturated rings. The molecule has 0 radical (unpaired) electrons. The minimum Gasteiger partial charge on any atom is -0.344 e. The Morgan fingerprint density at radius 3 is 2.81 bits per heavy atom. The SMILES string of the molecule is [2H]C1(NC(=O)[C@H](CC(C)C)NC(=O)c2cc3sccc3s2)CCCN(S(=O)(=O)c2ccccn2)C([2H])([2H])C1=O.